The van der Waals surface area contributed by atoms with Gasteiger partial charge in [-0.2, -0.15) is 0 Å². The normalized spacial score (nSPS) is 23.9. The summed E-state index contributed by atoms with van der Waals surface area (Å²) in [6.07, 6.45) is 3.83. The second kappa shape index (κ2) is 8.32. The summed E-state index contributed by atoms with van der Waals surface area (Å²) in [5.74, 6) is 0.867. The molecule has 2 rings (SSSR count). The number of carboxylic acid groups (broad SMARTS) is 1. The molecule has 4 nitrogen and oxygen atoms in total. The highest BCUT2D eigenvalue weighted by molar-refractivity contribution is 5.89. The number of hydrogen-bond acceptors (Lipinski definition) is 2. The Bertz CT molecular complexity index is 582. The van der Waals surface area contributed by atoms with Gasteiger partial charge in [0.05, 0.1) is 5.56 Å². The van der Waals surface area contributed by atoms with E-state index < -0.39 is 5.97 Å². The first-order valence-electron chi connectivity index (χ1n) is 8.99. The number of carbonyl (C=O) groups excluding carboxylic acids is 1. The topological polar surface area (TPSA) is 66.4 Å². The fourth-order valence-corrected chi connectivity index (χ4v) is 3.90. The molecule has 0 heterocycles. The zero-order valence-corrected chi connectivity index (χ0v) is 14.9. The fraction of sp³-hybridized carbons (Fsp3) is 0.600. The van der Waals surface area contributed by atoms with Crippen molar-refractivity contribution < 1.29 is 14.7 Å². The summed E-state index contributed by atoms with van der Waals surface area (Å²) in [5.41, 5.74) is 1.08. The molecule has 1 fully saturated rings. The Labute approximate surface area is 144 Å². The van der Waals surface area contributed by atoms with Gasteiger partial charge in [0, 0.05) is 12.5 Å². The molecule has 1 aromatic carbocycles. The number of amides is 1. The molecule has 24 heavy (non-hydrogen) atoms. The highest BCUT2D eigenvalue weighted by Crippen LogP contribution is 2.38. The smallest absolute Gasteiger partial charge is 0.335 e. The third-order valence-corrected chi connectivity index (χ3v) is 5.30. The number of carboxylic acids is 1. The van der Waals surface area contributed by atoms with E-state index in [0.29, 0.717) is 36.3 Å². The lowest BCUT2D eigenvalue weighted by Crippen LogP contribution is -2.40. The average molecular weight is 331 g/mol. The maximum absolute atomic E-state index is 12.6. The molecule has 1 saturated carbocycles. The summed E-state index contributed by atoms with van der Waals surface area (Å²) in [6.45, 7) is 7.10. The third kappa shape index (κ3) is 4.59. The van der Waals surface area contributed by atoms with Gasteiger partial charge in [-0.1, -0.05) is 45.4 Å². The minimum Gasteiger partial charge on any atom is -0.478 e. The lowest BCUT2D eigenvalue weighted by atomic mass is 9.70. The van der Waals surface area contributed by atoms with Crippen molar-refractivity contribution in [2.45, 2.75) is 46.5 Å². The van der Waals surface area contributed by atoms with E-state index in [2.05, 4.69) is 26.1 Å². The van der Waals surface area contributed by atoms with Crippen LogP contribution in [0.2, 0.25) is 0 Å². The van der Waals surface area contributed by atoms with Gasteiger partial charge in [-0.3, -0.25) is 4.79 Å². The number of benzene rings is 1. The quantitative estimate of drug-likeness (QED) is 0.834. The largest absolute Gasteiger partial charge is 0.478 e. The van der Waals surface area contributed by atoms with Crippen molar-refractivity contribution in [3.8, 4) is 0 Å². The van der Waals surface area contributed by atoms with Crippen LogP contribution in [-0.2, 0) is 11.2 Å². The number of carbonyl (C=O) groups is 2. The molecule has 132 valence electrons. The number of nitrogens with one attached hydrogen (secondary N) is 1. The summed E-state index contributed by atoms with van der Waals surface area (Å²) < 4.78 is 0. The van der Waals surface area contributed by atoms with Gasteiger partial charge in [-0.05, 0) is 48.6 Å². The van der Waals surface area contributed by atoms with E-state index in [-0.39, 0.29) is 11.8 Å². The first-order chi connectivity index (χ1) is 11.4. The Balaban J connectivity index is 1.94. The second-order valence-corrected chi connectivity index (χ2v) is 7.44. The molecule has 0 radical (unpaired) electrons. The first-order valence-corrected chi connectivity index (χ1v) is 8.99. The van der Waals surface area contributed by atoms with Crippen molar-refractivity contribution in [3.63, 3.8) is 0 Å². The minimum absolute atomic E-state index is 0.0865. The lowest BCUT2D eigenvalue weighted by molar-refractivity contribution is -0.129. The Morgan fingerprint density at radius 3 is 2.62 bits per heavy atom. The number of rotatable bonds is 6. The van der Waals surface area contributed by atoms with Crippen molar-refractivity contribution in [3.05, 3.63) is 35.4 Å². The van der Waals surface area contributed by atoms with Crippen LogP contribution >= 0.6 is 0 Å². The van der Waals surface area contributed by atoms with Gasteiger partial charge in [0.1, 0.15) is 0 Å². The molecule has 0 unspecified atom stereocenters. The van der Waals surface area contributed by atoms with E-state index in [4.69, 9.17) is 0 Å². The van der Waals surface area contributed by atoms with E-state index in [9.17, 15) is 14.7 Å². The molecule has 3 atom stereocenters. The van der Waals surface area contributed by atoms with Crippen molar-refractivity contribution in [1.29, 1.82) is 0 Å². The summed E-state index contributed by atoms with van der Waals surface area (Å²) in [7, 11) is 0. The van der Waals surface area contributed by atoms with Gasteiger partial charge in [-0.15, -0.1) is 0 Å². The van der Waals surface area contributed by atoms with Gasteiger partial charge in [0.2, 0.25) is 5.91 Å². The highest BCUT2D eigenvalue weighted by atomic mass is 16.4. The molecular formula is C20H29NO3. The Morgan fingerprint density at radius 1 is 1.25 bits per heavy atom. The van der Waals surface area contributed by atoms with Crippen LogP contribution in [0.15, 0.2) is 24.3 Å². The minimum atomic E-state index is -0.919. The zero-order valence-electron chi connectivity index (χ0n) is 14.9. The van der Waals surface area contributed by atoms with Gasteiger partial charge in [0.25, 0.3) is 0 Å². The molecule has 1 aromatic rings. The molecule has 1 amide bonds. The summed E-state index contributed by atoms with van der Waals surface area (Å²) in [4.78, 5) is 23.9. The molecule has 4 heteroatoms. The van der Waals surface area contributed by atoms with Gasteiger partial charge in [-0.25, -0.2) is 4.79 Å². The van der Waals surface area contributed by atoms with Gasteiger partial charge >= 0.3 is 5.97 Å². The van der Waals surface area contributed by atoms with E-state index in [1.807, 2.05) is 12.1 Å². The number of aromatic carboxylic acids is 1. The predicted octanol–water partition coefficient (Wildman–Crippen LogP) is 3.75. The summed E-state index contributed by atoms with van der Waals surface area (Å²) in [5, 5.41) is 12.3. The van der Waals surface area contributed by atoms with Gasteiger partial charge < -0.3 is 10.4 Å². The Hall–Kier alpha value is -1.84. The summed E-state index contributed by atoms with van der Waals surface area (Å²) >= 11 is 0. The standard InChI is InChI=1S/C20H29NO3/c1-13(2)16-9-8-14(3)12-18(16)19(22)21-11-10-15-6-4-5-7-17(15)20(23)24/h4-7,13-14,16,18H,8-12H2,1-3H3,(H,21,22)(H,23,24)/t14-,16+,18-/m1/s1. The fourth-order valence-electron chi connectivity index (χ4n) is 3.90. The molecule has 0 saturated heterocycles. The van der Waals surface area contributed by atoms with Crippen molar-refractivity contribution in [2.75, 3.05) is 6.54 Å². The van der Waals surface area contributed by atoms with Crippen molar-refractivity contribution in [1.82, 2.24) is 5.32 Å². The van der Waals surface area contributed by atoms with Crippen LogP contribution in [-0.4, -0.2) is 23.5 Å². The third-order valence-electron chi connectivity index (χ3n) is 5.30. The summed E-state index contributed by atoms with van der Waals surface area (Å²) in [6, 6.07) is 6.98. The molecule has 2 N–H and O–H groups in total. The van der Waals surface area contributed by atoms with Crippen LogP contribution in [0.3, 0.4) is 0 Å². The van der Waals surface area contributed by atoms with E-state index in [0.717, 1.165) is 18.4 Å². The highest BCUT2D eigenvalue weighted by Gasteiger charge is 2.35. The van der Waals surface area contributed by atoms with E-state index in [1.165, 1.54) is 6.42 Å². The van der Waals surface area contributed by atoms with E-state index >= 15 is 0 Å². The number of hydrogen-bond donors (Lipinski definition) is 2. The van der Waals surface area contributed by atoms with Crippen LogP contribution in [0, 0.1) is 23.7 Å². The maximum Gasteiger partial charge on any atom is 0.335 e. The van der Waals surface area contributed by atoms with Crippen LogP contribution in [0.4, 0.5) is 0 Å². The van der Waals surface area contributed by atoms with Crippen LogP contribution in [0.1, 0.15) is 56.0 Å². The molecule has 0 aromatic heterocycles. The first kappa shape index (κ1) is 18.5. The Kier molecular flexibility index (Phi) is 6.41. The molecular weight excluding hydrogens is 302 g/mol. The van der Waals surface area contributed by atoms with Crippen molar-refractivity contribution >= 4 is 11.9 Å². The average Bonchev–Trinajstić information content (AvgIpc) is 2.54. The van der Waals surface area contributed by atoms with Gasteiger partial charge in [0.15, 0.2) is 0 Å². The zero-order chi connectivity index (χ0) is 17.7. The van der Waals surface area contributed by atoms with Crippen LogP contribution < -0.4 is 5.32 Å². The molecule has 0 bridgehead atoms. The lowest BCUT2D eigenvalue weighted by Gasteiger charge is -2.36. The molecule has 0 spiro atoms. The molecule has 0 aliphatic heterocycles. The molecule has 1 aliphatic carbocycles. The monoisotopic (exact) mass is 331 g/mol. The van der Waals surface area contributed by atoms with E-state index in [1.54, 1.807) is 12.1 Å². The Morgan fingerprint density at radius 2 is 1.96 bits per heavy atom. The molecule has 1 aliphatic rings. The second-order valence-electron chi connectivity index (χ2n) is 7.44. The SMILES string of the molecule is CC(C)[C@@H]1CC[C@@H](C)C[C@H]1C(=O)NCCc1ccccc1C(=O)O. The van der Waals surface area contributed by atoms with Crippen molar-refractivity contribution in [2.24, 2.45) is 23.7 Å². The van der Waals surface area contributed by atoms with Crippen LogP contribution in [0.5, 0.6) is 0 Å². The van der Waals surface area contributed by atoms with Crippen LogP contribution in [0.25, 0.3) is 0 Å². The maximum atomic E-state index is 12.6. The predicted molar refractivity (Wildman–Crippen MR) is 94.9 cm³/mol.